The lowest BCUT2D eigenvalue weighted by Crippen LogP contribution is -2.52. The molecule has 2 aromatic rings. The van der Waals surface area contributed by atoms with Crippen molar-refractivity contribution in [3.8, 4) is 5.75 Å². The van der Waals surface area contributed by atoms with Crippen LogP contribution in [-0.4, -0.2) is 48.0 Å². The molecule has 0 aliphatic carbocycles. The molecule has 1 unspecified atom stereocenters. The molecule has 1 aliphatic rings. The Labute approximate surface area is 177 Å². The van der Waals surface area contributed by atoms with E-state index in [0.717, 1.165) is 5.69 Å². The number of ether oxygens (including phenoxy) is 1. The third-order valence-corrected chi connectivity index (χ3v) is 5.40. The normalized spacial score (nSPS) is 15.6. The van der Waals surface area contributed by atoms with Gasteiger partial charge < -0.3 is 14.5 Å². The first kappa shape index (κ1) is 21.6. The number of nitro groups is 1. The third-order valence-electron chi connectivity index (χ3n) is 5.40. The molecule has 1 heterocycles. The number of piperazine rings is 1. The highest BCUT2D eigenvalue weighted by molar-refractivity contribution is 5.81. The van der Waals surface area contributed by atoms with Crippen LogP contribution in [0.5, 0.6) is 5.75 Å². The number of amides is 1. The molecule has 0 saturated carbocycles. The van der Waals surface area contributed by atoms with Crippen LogP contribution in [0.3, 0.4) is 0 Å². The van der Waals surface area contributed by atoms with Crippen molar-refractivity contribution in [2.75, 3.05) is 31.1 Å². The van der Waals surface area contributed by atoms with Gasteiger partial charge in [-0.1, -0.05) is 32.9 Å². The smallest absolute Gasteiger partial charge is 0.269 e. The number of non-ortho nitro benzene ring substituents is 1. The van der Waals surface area contributed by atoms with Crippen LogP contribution in [-0.2, 0) is 10.2 Å². The fourth-order valence-electron chi connectivity index (χ4n) is 3.52. The Kier molecular flexibility index (Phi) is 6.29. The van der Waals surface area contributed by atoms with Crippen molar-refractivity contribution >= 4 is 17.3 Å². The lowest BCUT2D eigenvalue weighted by molar-refractivity contribution is -0.384. The van der Waals surface area contributed by atoms with Crippen molar-refractivity contribution in [1.29, 1.82) is 0 Å². The fraction of sp³-hybridized carbons (Fsp3) is 0.435. The van der Waals surface area contributed by atoms with Crippen molar-refractivity contribution in [1.82, 2.24) is 4.90 Å². The first-order chi connectivity index (χ1) is 14.1. The number of rotatable bonds is 5. The second-order valence-electron chi connectivity index (χ2n) is 8.62. The van der Waals surface area contributed by atoms with Crippen molar-refractivity contribution in [3.05, 3.63) is 64.2 Å². The minimum atomic E-state index is -0.559. The molecule has 0 bridgehead atoms. The molecule has 1 saturated heterocycles. The largest absolute Gasteiger partial charge is 0.481 e. The molecule has 0 radical (unpaired) electrons. The molecule has 3 rings (SSSR count). The summed E-state index contributed by atoms with van der Waals surface area (Å²) in [6.07, 6.45) is -0.559. The lowest BCUT2D eigenvalue weighted by Gasteiger charge is -2.37. The summed E-state index contributed by atoms with van der Waals surface area (Å²) in [6.45, 7) is 10.8. The van der Waals surface area contributed by atoms with E-state index in [4.69, 9.17) is 4.74 Å². The Balaban J connectivity index is 1.53. The molecule has 1 fully saturated rings. The summed E-state index contributed by atoms with van der Waals surface area (Å²) in [7, 11) is 0. The van der Waals surface area contributed by atoms with E-state index in [-0.39, 0.29) is 17.0 Å². The van der Waals surface area contributed by atoms with Crippen molar-refractivity contribution < 1.29 is 14.5 Å². The van der Waals surface area contributed by atoms with Gasteiger partial charge in [0.15, 0.2) is 6.10 Å². The predicted octanol–water partition coefficient (Wildman–Crippen LogP) is 4.01. The van der Waals surface area contributed by atoms with Gasteiger partial charge in [-0.15, -0.1) is 0 Å². The van der Waals surface area contributed by atoms with Gasteiger partial charge in [0.05, 0.1) is 4.92 Å². The predicted molar refractivity (Wildman–Crippen MR) is 117 cm³/mol. The molecule has 7 nitrogen and oxygen atoms in total. The zero-order valence-electron chi connectivity index (χ0n) is 18.0. The monoisotopic (exact) mass is 411 g/mol. The fourth-order valence-corrected chi connectivity index (χ4v) is 3.52. The Morgan fingerprint density at radius 2 is 1.57 bits per heavy atom. The van der Waals surface area contributed by atoms with E-state index < -0.39 is 11.0 Å². The highest BCUT2D eigenvalue weighted by atomic mass is 16.6. The molecule has 30 heavy (non-hydrogen) atoms. The zero-order valence-corrected chi connectivity index (χ0v) is 18.0. The van der Waals surface area contributed by atoms with Crippen LogP contribution in [0.15, 0.2) is 48.5 Å². The van der Waals surface area contributed by atoms with Crippen LogP contribution in [0.25, 0.3) is 0 Å². The Morgan fingerprint density at radius 3 is 2.07 bits per heavy atom. The summed E-state index contributed by atoms with van der Waals surface area (Å²) < 4.78 is 5.88. The summed E-state index contributed by atoms with van der Waals surface area (Å²) >= 11 is 0. The van der Waals surface area contributed by atoms with E-state index in [1.807, 2.05) is 29.2 Å². The number of carbonyl (C=O) groups is 1. The van der Waals surface area contributed by atoms with E-state index in [2.05, 4.69) is 25.7 Å². The number of carbonyl (C=O) groups excluding carboxylic acids is 1. The number of nitro benzene ring substituents is 1. The highest BCUT2D eigenvalue weighted by Crippen LogP contribution is 2.25. The molecule has 0 N–H and O–H groups in total. The minimum Gasteiger partial charge on any atom is -0.481 e. The number of hydrogen-bond acceptors (Lipinski definition) is 5. The molecule has 0 spiro atoms. The van der Waals surface area contributed by atoms with Crippen LogP contribution in [0.2, 0.25) is 0 Å². The van der Waals surface area contributed by atoms with Crippen molar-refractivity contribution in [3.63, 3.8) is 0 Å². The maximum absolute atomic E-state index is 12.8. The van der Waals surface area contributed by atoms with Gasteiger partial charge in [0.2, 0.25) is 0 Å². The second kappa shape index (κ2) is 8.73. The zero-order chi connectivity index (χ0) is 21.9. The van der Waals surface area contributed by atoms with Crippen molar-refractivity contribution in [2.45, 2.75) is 39.2 Å². The summed E-state index contributed by atoms with van der Waals surface area (Å²) in [5.41, 5.74) is 2.30. The lowest BCUT2D eigenvalue weighted by atomic mass is 9.87. The van der Waals surface area contributed by atoms with Gasteiger partial charge in [0.1, 0.15) is 5.75 Å². The standard InChI is InChI=1S/C23H29N3O4/c1-17(30-21-11-5-18(6-12-21)23(2,3)4)22(27)25-15-13-24(14-16-25)19-7-9-20(10-8-19)26(28)29/h5-12,17H,13-16H2,1-4H3. The minimum absolute atomic E-state index is 0.0294. The van der Waals surface area contributed by atoms with Crippen molar-refractivity contribution in [2.24, 2.45) is 0 Å². The van der Waals surface area contributed by atoms with E-state index in [0.29, 0.717) is 31.9 Å². The molecular weight excluding hydrogens is 382 g/mol. The molecular formula is C23H29N3O4. The highest BCUT2D eigenvalue weighted by Gasteiger charge is 2.26. The SMILES string of the molecule is CC(Oc1ccc(C(C)(C)C)cc1)C(=O)N1CCN(c2ccc([N+](=O)[O-])cc2)CC1. The van der Waals surface area contributed by atoms with Gasteiger partial charge in [0.25, 0.3) is 11.6 Å². The number of benzene rings is 2. The van der Waals surface area contributed by atoms with Gasteiger partial charge in [0, 0.05) is 44.0 Å². The molecule has 1 atom stereocenters. The Morgan fingerprint density at radius 1 is 1.00 bits per heavy atom. The molecule has 1 amide bonds. The summed E-state index contributed by atoms with van der Waals surface area (Å²) in [5.74, 6) is 0.659. The number of anilines is 1. The van der Waals surface area contributed by atoms with E-state index in [1.165, 1.54) is 17.7 Å². The Hall–Kier alpha value is -3.09. The number of hydrogen-bond donors (Lipinski definition) is 0. The second-order valence-corrected chi connectivity index (χ2v) is 8.62. The van der Waals surface area contributed by atoms with Gasteiger partial charge in [-0.3, -0.25) is 14.9 Å². The maximum atomic E-state index is 12.8. The van der Waals surface area contributed by atoms with Crippen LogP contribution in [0.4, 0.5) is 11.4 Å². The third kappa shape index (κ3) is 5.09. The summed E-state index contributed by atoms with van der Waals surface area (Å²) in [5, 5.41) is 10.8. The van der Waals surface area contributed by atoms with E-state index in [9.17, 15) is 14.9 Å². The first-order valence-electron chi connectivity index (χ1n) is 10.2. The number of nitrogens with zero attached hydrogens (tertiary/aromatic N) is 3. The van der Waals surface area contributed by atoms with Crippen LogP contribution in [0.1, 0.15) is 33.3 Å². The average molecular weight is 412 g/mol. The average Bonchev–Trinajstić information content (AvgIpc) is 2.73. The summed E-state index contributed by atoms with van der Waals surface area (Å²) in [4.78, 5) is 27.1. The van der Waals surface area contributed by atoms with E-state index >= 15 is 0 Å². The van der Waals surface area contributed by atoms with Gasteiger partial charge in [-0.2, -0.15) is 0 Å². The van der Waals surface area contributed by atoms with Crippen LogP contribution >= 0.6 is 0 Å². The molecule has 0 aromatic heterocycles. The quantitative estimate of drug-likeness (QED) is 0.549. The van der Waals surface area contributed by atoms with Gasteiger partial charge >= 0.3 is 0 Å². The van der Waals surface area contributed by atoms with Gasteiger partial charge in [-0.05, 0) is 42.2 Å². The summed E-state index contributed by atoms with van der Waals surface area (Å²) in [6, 6.07) is 14.4. The Bertz CT molecular complexity index is 880. The molecule has 2 aromatic carbocycles. The molecule has 7 heteroatoms. The maximum Gasteiger partial charge on any atom is 0.269 e. The van der Waals surface area contributed by atoms with Crippen LogP contribution < -0.4 is 9.64 Å². The molecule has 1 aliphatic heterocycles. The topological polar surface area (TPSA) is 75.9 Å². The van der Waals surface area contributed by atoms with Crippen LogP contribution in [0, 0.1) is 10.1 Å². The first-order valence-corrected chi connectivity index (χ1v) is 10.2. The van der Waals surface area contributed by atoms with E-state index in [1.54, 1.807) is 19.1 Å². The van der Waals surface area contributed by atoms with Gasteiger partial charge in [-0.25, -0.2) is 0 Å². The molecule has 160 valence electrons.